The zero-order valence-electron chi connectivity index (χ0n) is 27.8. The number of fused-ring (bicyclic) bond motifs is 1. The predicted octanol–water partition coefficient (Wildman–Crippen LogP) is 1.02. The van der Waals surface area contributed by atoms with Crippen molar-refractivity contribution in [3.63, 3.8) is 0 Å². The number of carbonyl (C=O) groups is 6. The van der Waals surface area contributed by atoms with Crippen molar-refractivity contribution in [2.24, 2.45) is 23.4 Å². The number of nitrogens with one attached hydrogen (secondary N) is 6. The first-order chi connectivity index (χ1) is 22.3. The average Bonchev–Trinajstić information content (AvgIpc) is 3.42. The molecule has 0 fully saturated rings. The maximum absolute atomic E-state index is 13.8. The summed E-state index contributed by atoms with van der Waals surface area (Å²) in [6, 6.07) is 2.88. The molecule has 0 spiro atoms. The molecule has 0 aliphatic carbocycles. The molecule has 260 valence electrons. The summed E-state index contributed by atoms with van der Waals surface area (Å²) in [4.78, 5) is 80.5. The number of nitrogens with two attached hydrogens (primary N) is 2. The molecule has 0 bridgehead atoms. The fourth-order valence-electron chi connectivity index (χ4n) is 4.91. The Bertz CT molecular complexity index is 1380. The van der Waals surface area contributed by atoms with Gasteiger partial charge in [-0.25, -0.2) is 10.6 Å². The van der Waals surface area contributed by atoms with Crippen molar-refractivity contribution in [1.29, 1.82) is 0 Å². The molecule has 4 atom stereocenters. The molecule has 0 saturated carbocycles. The molecule has 0 unspecified atom stereocenters. The fraction of sp³-hybridized carbons (Fsp3) is 0.562. The summed E-state index contributed by atoms with van der Waals surface area (Å²) in [5.74, 6) is 1.59. The Morgan fingerprint density at radius 2 is 1.49 bits per heavy atom. The standard InChI is InChI=1S/C32H50N8O7/c1-6-7-14-47-32(46)39-27(19(4)5)31(45)36-23(12-13-26(33)41)28(42)38-25(16-20-17-35-22-11-9-8-10-21(20)22)29(43)37-24(15-18(2)3)30(44)40-34/h8-11,17-19,23-25,27,35H,6-7,12-16,34H2,1-5H3,(H2,33,41)(H,36,45)(H,37,43)(H,38,42)(H,39,46)(H,40,44)/t23-,24-,25-,27-/m0/s1. The first-order valence-corrected chi connectivity index (χ1v) is 15.9. The molecule has 47 heavy (non-hydrogen) atoms. The van der Waals surface area contributed by atoms with Gasteiger partial charge in [0, 0.05) is 29.9 Å². The summed E-state index contributed by atoms with van der Waals surface area (Å²) in [5.41, 5.74) is 8.96. The Labute approximate surface area is 275 Å². The van der Waals surface area contributed by atoms with Gasteiger partial charge in [0.25, 0.3) is 5.91 Å². The van der Waals surface area contributed by atoms with Gasteiger partial charge >= 0.3 is 6.09 Å². The van der Waals surface area contributed by atoms with Gasteiger partial charge in [-0.2, -0.15) is 0 Å². The third-order valence-electron chi connectivity index (χ3n) is 7.48. The molecule has 0 aliphatic rings. The Morgan fingerprint density at radius 3 is 2.11 bits per heavy atom. The minimum atomic E-state index is -1.30. The number of hydrogen-bond acceptors (Lipinski definition) is 8. The molecular formula is C32H50N8O7. The Hall–Kier alpha value is -4.66. The summed E-state index contributed by atoms with van der Waals surface area (Å²) < 4.78 is 5.13. The highest BCUT2D eigenvalue weighted by Gasteiger charge is 2.33. The van der Waals surface area contributed by atoms with Crippen LogP contribution in [-0.2, 0) is 35.1 Å². The highest BCUT2D eigenvalue weighted by atomic mass is 16.5. The largest absolute Gasteiger partial charge is 0.450 e. The summed E-state index contributed by atoms with van der Waals surface area (Å²) in [5, 5.41) is 11.4. The molecular weight excluding hydrogens is 608 g/mol. The van der Waals surface area contributed by atoms with Gasteiger partial charge in [0.2, 0.25) is 23.6 Å². The first-order valence-electron chi connectivity index (χ1n) is 15.9. The van der Waals surface area contributed by atoms with Crippen LogP contribution in [0.4, 0.5) is 4.79 Å². The second-order valence-electron chi connectivity index (χ2n) is 12.2. The van der Waals surface area contributed by atoms with Gasteiger partial charge in [-0.15, -0.1) is 0 Å². The number of primary amides is 1. The van der Waals surface area contributed by atoms with Crippen LogP contribution in [0.1, 0.15) is 72.3 Å². The Kier molecular flexibility index (Phi) is 15.7. The lowest BCUT2D eigenvalue weighted by Crippen LogP contribution is -2.59. The van der Waals surface area contributed by atoms with Crippen molar-refractivity contribution in [2.45, 2.75) is 97.3 Å². The van der Waals surface area contributed by atoms with Crippen molar-refractivity contribution in [2.75, 3.05) is 6.61 Å². The van der Waals surface area contributed by atoms with E-state index in [0.717, 1.165) is 17.3 Å². The van der Waals surface area contributed by atoms with E-state index in [1.807, 2.05) is 45.0 Å². The van der Waals surface area contributed by atoms with Gasteiger partial charge in [0.15, 0.2) is 0 Å². The van der Waals surface area contributed by atoms with Crippen LogP contribution in [0.25, 0.3) is 10.9 Å². The van der Waals surface area contributed by atoms with E-state index >= 15 is 0 Å². The number of H-pyrrole nitrogens is 1. The number of benzene rings is 1. The average molecular weight is 659 g/mol. The number of aromatic amines is 1. The van der Waals surface area contributed by atoms with Crippen LogP contribution in [0.2, 0.25) is 0 Å². The summed E-state index contributed by atoms with van der Waals surface area (Å²) in [6.45, 7) is 9.31. The lowest BCUT2D eigenvalue weighted by Gasteiger charge is -2.27. The SMILES string of the molecule is CCCCOC(=O)N[C@H](C(=O)N[C@@H](CCC(N)=O)C(=O)N[C@@H](Cc1c[nH]c2ccccc12)C(=O)N[C@@H](CC(C)C)C(=O)NN)C(C)C. The number of ether oxygens (including phenoxy) is 1. The van der Waals surface area contributed by atoms with Crippen LogP contribution in [0.15, 0.2) is 30.5 Å². The summed E-state index contributed by atoms with van der Waals surface area (Å²) in [6.07, 6.45) is 2.30. The van der Waals surface area contributed by atoms with Gasteiger partial charge in [-0.1, -0.05) is 59.2 Å². The zero-order chi connectivity index (χ0) is 35.1. The second-order valence-corrected chi connectivity index (χ2v) is 12.2. The highest BCUT2D eigenvalue weighted by molar-refractivity contribution is 5.96. The molecule has 1 aromatic carbocycles. The molecule has 1 heterocycles. The van der Waals surface area contributed by atoms with E-state index in [1.165, 1.54) is 0 Å². The molecule has 0 aliphatic heterocycles. The van der Waals surface area contributed by atoms with E-state index in [4.69, 9.17) is 16.3 Å². The van der Waals surface area contributed by atoms with Crippen LogP contribution in [-0.4, -0.2) is 71.4 Å². The van der Waals surface area contributed by atoms with Gasteiger partial charge in [0.1, 0.15) is 24.2 Å². The van der Waals surface area contributed by atoms with E-state index < -0.39 is 59.8 Å². The van der Waals surface area contributed by atoms with Gasteiger partial charge in [-0.3, -0.25) is 29.4 Å². The van der Waals surface area contributed by atoms with Crippen LogP contribution in [0.5, 0.6) is 0 Å². The number of carbonyl (C=O) groups excluding carboxylic acids is 6. The summed E-state index contributed by atoms with van der Waals surface area (Å²) >= 11 is 0. The number of aromatic nitrogens is 1. The maximum Gasteiger partial charge on any atom is 0.407 e. The Balaban J connectivity index is 2.36. The Morgan fingerprint density at radius 1 is 0.851 bits per heavy atom. The lowest BCUT2D eigenvalue weighted by molar-refractivity contribution is -0.134. The molecule has 0 radical (unpaired) electrons. The second kappa shape index (κ2) is 19.1. The molecule has 15 nitrogen and oxygen atoms in total. The van der Waals surface area contributed by atoms with Crippen LogP contribution < -0.4 is 38.3 Å². The van der Waals surface area contributed by atoms with Crippen LogP contribution in [0.3, 0.4) is 0 Å². The van der Waals surface area contributed by atoms with Crippen LogP contribution >= 0.6 is 0 Å². The number of unbranched alkanes of at least 4 members (excludes halogenated alkanes) is 1. The number of alkyl carbamates (subject to hydrolysis) is 1. The topological polar surface area (TPSA) is 240 Å². The third-order valence-corrected chi connectivity index (χ3v) is 7.48. The highest BCUT2D eigenvalue weighted by Crippen LogP contribution is 2.20. The van der Waals surface area contributed by atoms with E-state index in [9.17, 15) is 28.8 Å². The quantitative estimate of drug-likeness (QED) is 0.0468. The van der Waals surface area contributed by atoms with Crippen molar-refractivity contribution < 1.29 is 33.5 Å². The predicted molar refractivity (Wildman–Crippen MR) is 176 cm³/mol. The molecule has 2 rings (SSSR count). The number of hydrazine groups is 1. The van der Waals surface area contributed by atoms with Crippen molar-refractivity contribution in [3.8, 4) is 0 Å². The van der Waals surface area contributed by atoms with E-state index in [1.54, 1.807) is 20.0 Å². The number of para-hydroxylation sites is 1. The molecule has 1 aromatic heterocycles. The minimum absolute atomic E-state index is 0.0243. The van der Waals surface area contributed by atoms with Crippen molar-refractivity contribution in [3.05, 3.63) is 36.0 Å². The molecule has 15 heteroatoms. The van der Waals surface area contributed by atoms with E-state index in [2.05, 4.69) is 31.7 Å². The van der Waals surface area contributed by atoms with Gasteiger partial charge < -0.3 is 36.7 Å². The molecule has 0 saturated heterocycles. The molecule has 2 aromatic rings. The molecule has 6 amide bonds. The smallest absolute Gasteiger partial charge is 0.407 e. The van der Waals surface area contributed by atoms with E-state index in [0.29, 0.717) is 12.0 Å². The fourth-order valence-corrected chi connectivity index (χ4v) is 4.91. The normalized spacial score (nSPS) is 13.7. The lowest BCUT2D eigenvalue weighted by atomic mass is 10.00. The zero-order valence-corrected chi connectivity index (χ0v) is 27.8. The number of rotatable bonds is 19. The van der Waals surface area contributed by atoms with Crippen molar-refractivity contribution >= 4 is 46.5 Å². The van der Waals surface area contributed by atoms with Crippen LogP contribution in [0, 0.1) is 11.8 Å². The summed E-state index contributed by atoms with van der Waals surface area (Å²) in [7, 11) is 0. The third kappa shape index (κ3) is 12.6. The monoisotopic (exact) mass is 658 g/mol. The maximum atomic E-state index is 13.8. The number of hydrogen-bond donors (Lipinski definition) is 8. The molecule has 10 N–H and O–H groups in total. The minimum Gasteiger partial charge on any atom is -0.450 e. The van der Waals surface area contributed by atoms with Crippen molar-refractivity contribution in [1.82, 2.24) is 31.7 Å². The van der Waals surface area contributed by atoms with Gasteiger partial charge in [-0.05, 0) is 42.7 Å². The van der Waals surface area contributed by atoms with E-state index in [-0.39, 0.29) is 44.1 Å². The number of amides is 6. The first kappa shape index (κ1) is 38.5. The van der Waals surface area contributed by atoms with Gasteiger partial charge in [0.05, 0.1) is 6.61 Å².